The van der Waals surface area contributed by atoms with E-state index in [0.29, 0.717) is 24.7 Å². The number of rotatable bonds is 6. The summed E-state index contributed by atoms with van der Waals surface area (Å²) in [5.41, 5.74) is 0.286. The van der Waals surface area contributed by atoms with Crippen LogP contribution < -0.4 is 9.47 Å². The van der Waals surface area contributed by atoms with E-state index in [1.807, 2.05) is 0 Å². The van der Waals surface area contributed by atoms with Crippen LogP contribution in [-0.4, -0.2) is 47.9 Å². The maximum absolute atomic E-state index is 10.9. The number of aromatic carboxylic acids is 2. The zero-order chi connectivity index (χ0) is 18.5. The van der Waals surface area contributed by atoms with Gasteiger partial charge in [0.05, 0.1) is 24.3 Å². The largest absolute Gasteiger partial charge is 0.478 e. The monoisotopic (exact) mass is 360 g/mol. The second kappa shape index (κ2) is 7.85. The molecule has 0 unspecified atom stereocenters. The zero-order valence-corrected chi connectivity index (χ0v) is 13.5. The Labute approximate surface area is 148 Å². The first-order valence-electron chi connectivity index (χ1n) is 7.76. The first-order valence-corrected chi connectivity index (χ1v) is 7.76. The quantitative estimate of drug-likeness (QED) is 0.807. The molecule has 8 heteroatoms. The van der Waals surface area contributed by atoms with Crippen molar-refractivity contribution >= 4 is 11.9 Å². The van der Waals surface area contributed by atoms with Crippen molar-refractivity contribution in [2.75, 3.05) is 13.2 Å². The number of benzene rings is 2. The van der Waals surface area contributed by atoms with E-state index in [9.17, 15) is 9.59 Å². The van der Waals surface area contributed by atoms with Gasteiger partial charge in [0.1, 0.15) is 11.5 Å². The third kappa shape index (κ3) is 4.29. The third-order valence-corrected chi connectivity index (χ3v) is 3.58. The lowest BCUT2D eigenvalue weighted by molar-refractivity contribution is -0.271. The van der Waals surface area contributed by atoms with Gasteiger partial charge < -0.3 is 29.2 Å². The molecule has 1 fully saturated rings. The Morgan fingerprint density at radius 3 is 1.38 bits per heavy atom. The van der Waals surface area contributed by atoms with Crippen molar-refractivity contribution in [3.05, 3.63) is 59.7 Å². The van der Waals surface area contributed by atoms with Gasteiger partial charge in [-0.1, -0.05) is 0 Å². The summed E-state index contributed by atoms with van der Waals surface area (Å²) in [7, 11) is 0. The van der Waals surface area contributed by atoms with Crippen molar-refractivity contribution in [3.8, 4) is 11.5 Å². The van der Waals surface area contributed by atoms with E-state index in [1.54, 1.807) is 0 Å². The molecule has 0 radical (unpaired) electrons. The molecule has 1 aliphatic heterocycles. The third-order valence-electron chi connectivity index (χ3n) is 3.58. The molecule has 8 nitrogen and oxygen atoms in total. The van der Waals surface area contributed by atoms with Gasteiger partial charge in [0.2, 0.25) is 0 Å². The van der Waals surface area contributed by atoms with Crippen LogP contribution in [0.2, 0.25) is 0 Å². The minimum absolute atomic E-state index is 0.143. The van der Waals surface area contributed by atoms with Crippen LogP contribution in [0.4, 0.5) is 0 Å². The van der Waals surface area contributed by atoms with Crippen molar-refractivity contribution in [1.82, 2.24) is 0 Å². The van der Waals surface area contributed by atoms with Crippen LogP contribution in [0.5, 0.6) is 11.5 Å². The minimum Gasteiger partial charge on any atom is -0.478 e. The Hall–Kier alpha value is -3.10. The second-order valence-electron chi connectivity index (χ2n) is 5.37. The van der Waals surface area contributed by atoms with Crippen LogP contribution in [0.1, 0.15) is 20.7 Å². The Bertz CT molecular complexity index is 701. The molecule has 1 saturated heterocycles. The maximum Gasteiger partial charge on any atom is 0.335 e. The number of hydrogen-bond donors (Lipinski definition) is 2. The average molecular weight is 360 g/mol. The zero-order valence-electron chi connectivity index (χ0n) is 13.5. The Kier molecular flexibility index (Phi) is 5.35. The van der Waals surface area contributed by atoms with Crippen molar-refractivity contribution in [2.24, 2.45) is 0 Å². The molecule has 0 spiro atoms. The van der Waals surface area contributed by atoms with Crippen molar-refractivity contribution in [2.45, 2.75) is 12.6 Å². The van der Waals surface area contributed by atoms with Gasteiger partial charge in [0.15, 0.2) is 0 Å². The summed E-state index contributed by atoms with van der Waals surface area (Å²) in [6.45, 7) is 0.630. The van der Waals surface area contributed by atoms with Crippen molar-refractivity contribution in [1.29, 1.82) is 0 Å². The summed E-state index contributed by atoms with van der Waals surface area (Å²) < 4.78 is 22.4. The SMILES string of the molecule is O=C(O)c1ccc(O[C@H]2OCCO[C@H]2Oc2ccc(C(=O)O)cc2)cc1. The molecule has 3 rings (SSSR count). The van der Waals surface area contributed by atoms with E-state index in [1.165, 1.54) is 48.5 Å². The van der Waals surface area contributed by atoms with E-state index in [-0.39, 0.29) is 11.1 Å². The molecule has 136 valence electrons. The molecule has 0 aliphatic carbocycles. The fourth-order valence-electron chi connectivity index (χ4n) is 2.29. The van der Waals surface area contributed by atoms with Crippen molar-refractivity contribution < 1.29 is 38.7 Å². The molecule has 1 heterocycles. The molecule has 0 bridgehead atoms. The van der Waals surface area contributed by atoms with Crippen LogP contribution in [0, 0.1) is 0 Å². The number of hydrogen-bond acceptors (Lipinski definition) is 6. The fraction of sp³-hybridized carbons (Fsp3) is 0.222. The van der Waals surface area contributed by atoms with E-state index >= 15 is 0 Å². The standard InChI is InChI=1S/C18H16O8/c19-15(20)11-1-5-13(6-2-11)25-17-18(24-10-9-23-17)26-14-7-3-12(4-8-14)16(21)22/h1-8,17-18H,9-10H2,(H,19,20)(H,21,22)/t17-,18+. The van der Waals surface area contributed by atoms with Gasteiger partial charge in [-0.3, -0.25) is 0 Å². The summed E-state index contributed by atoms with van der Waals surface area (Å²) in [5, 5.41) is 17.8. The lowest BCUT2D eigenvalue weighted by atomic mass is 10.2. The van der Waals surface area contributed by atoms with Crippen LogP contribution in [0.3, 0.4) is 0 Å². The summed E-state index contributed by atoms with van der Waals surface area (Å²) in [6, 6.07) is 11.7. The highest BCUT2D eigenvalue weighted by atomic mass is 16.8. The summed E-state index contributed by atoms with van der Waals surface area (Å²) >= 11 is 0. The lowest BCUT2D eigenvalue weighted by Crippen LogP contribution is -2.45. The van der Waals surface area contributed by atoms with E-state index in [4.69, 9.17) is 29.2 Å². The molecule has 2 aromatic rings. The molecule has 2 N–H and O–H groups in total. The first kappa shape index (κ1) is 17.7. The number of ether oxygens (including phenoxy) is 4. The summed E-state index contributed by atoms with van der Waals surface area (Å²) in [5.74, 6) is -1.25. The maximum atomic E-state index is 10.9. The van der Waals surface area contributed by atoms with Gasteiger partial charge in [-0.05, 0) is 48.5 Å². The van der Waals surface area contributed by atoms with Gasteiger partial charge >= 0.3 is 11.9 Å². The first-order chi connectivity index (χ1) is 12.5. The number of carboxylic acid groups (broad SMARTS) is 2. The molecule has 0 saturated carbocycles. The highest BCUT2D eigenvalue weighted by molar-refractivity contribution is 5.88. The molecule has 2 atom stereocenters. The van der Waals surface area contributed by atoms with Crippen molar-refractivity contribution in [3.63, 3.8) is 0 Å². The highest BCUT2D eigenvalue weighted by Crippen LogP contribution is 2.22. The van der Waals surface area contributed by atoms with E-state index in [0.717, 1.165) is 0 Å². The normalized spacial score (nSPS) is 19.5. The smallest absolute Gasteiger partial charge is 0.335 e. The molecular weight excluding hydrogens is 344 g/mol. The van der Waals surface area contributed by atoms with Gasteiger partial charge in [-0.15, -0.1) is 0 Å². The predicted octanol–water partition coefficient (Wildman–Crippen LogP) is 2.24. The average Bonchev–Trinajstić information content (AvgIpc) is 2.64. The predicted molar refractivity (Wildman–Crippen MR) is 87.5 cm³/mol. The topological polar surface area (TPSA) is 112 Å². The summed E-state index contributed by atoms with van der Waals surface area (Å²) in [4.78, 5) is 21.8. The van der Waals surface area contributed by atoms with E-state index < -0.39 is 24.5 Å². The van der Waals surface area contributed by atoms with Gasteiger partial charge in [0.25, 0.3) is 12.6 Å². The van der Waals surface area contributed by atoms with Gasteiger partial charge in [0, 0.05) is 0 Å². The fourth-order valence-corrected chi connectivity index (χ4v) is 2.29. The Morgan fingerprint density at radius 2 is 1.08 bits per heavy atom. The number of carbonyl (C=O) groups is 2. The molecule has 26 heavy (non-hydrogen) atoms. The van der Waals surface area contributed by atoms with Crippen LogP contribution in [-0.2, 0) is 9.47 Å². The lowest BCUT2D eigenvalue weighted by Gasteiger charge is -2.31. The Morgan fingerprint density at radius 1 is 0.731 bits per heavy atom. The molecule has 1 aliphatic rings. The minimum atomic E-state index is -1.03. The highest BCUT2D eigenvalue weighted by Gasteiger charge is 2.31. The van der Waals surface area contributed by atoms with Gasteiger partial charge in [-0.2, -0.15) is 0 Å². The van der Waals surface area contributed by atoms with Crippen LogP contribution in [0.15, 0.2) is 48.5 Å². The second-order valence-corrected chi connectivity index (χ2v) is 5.37. The number of carboxylic acids is 2. The summed E-state index contributed by atoms with van der Waals surface area (Å²) in [6.07, 6.45) is -1.72. The Balaban J connectivity index is 1.67. The van der Waals surface area contributed by atoms with Gasteiger partial charge in [-0.25, -0.2) is 9.59 Å². The molecule has 0 aromatic heterocycles. The molecular formula is C18H16O8. The van der Waals surface area contributed by atoms with E-state index in [2.05, 4.69) is 0 Å². The molecule has 2 aromatic carbocycles. The van der Waals surface area contributed by atoms with Crippen LogP contribution in [0.25, 0.3) is 0 Å². The molecule has 0 amide bonds. The van der Waals surface area contributed by atoms with Crippen LogP contribution >= 0.6 is 0 Å².